The maximum atomic E-state index is 13.6. The Morgan fingerprint density at radius 1 is 1.07 bits per heavy atom. The highest BCUT2D eigenvalue weighted by Crippen LogP contribution is 2.47. The monoisotopic (exact) mass is 564 g/mol. The van der Waals surface area contributed by atoms with Gasteiger partial charge in [0, 0.05) is 11.1 Å². The van der Waals surface area contributed by atoms with E-state index < -0.39 is 23.7 Å². The van der Waals surface area contributed by atoms with Crippen LogP contribution in [0, 0.1) is 13.8 Å². The molecule has 0 aliphatic carbocycles. The molecule has 10 nitrogen and oxygen atoms in total. The number of benzene rings is 2. The minimum Gasteiger partial charge on any atom is -0.507 e. The number of aryl methyl sites for hydroxylation is 2. The lowest BCUT2D eigenvalue weighted by atomic mass is 9.93. The van der Waals surface area contributed by atoms with Crippen molar-refractivity contribution in [3.8, 4) is 17.2 Å². The van der Waals surface area contributed by atoms with Crippen LogP contribution in [0.2, 0.25) is 0 Å². The molecule has 1 aliphatic heterocycles. The predicted molar refractivity (Wildman–Crippen MR) is 149 cm³/mol. The van der Waals surface area contributed by atoms with Crippen molar-refractivity contribution < 1.29 is 38.4 Å². The molecule has 0 spiro atoms. The van der Waals surface area contributed by atoms with Crippen LogP contribution in [0.4, 0.5) is 5.13 Å². The first kappa shape index (κ1) is 28.4. The SMILES string of the molecule is C=CCOC(=O)c1sc(N2C(=O)C(=O)C(=C(O)c3ccc(OC)cc3C)[C@H]2c2cc(OC)ccc2OC)nc1C. The van der Waals surface area contributed by atoms with Crippen LogP contribution in [0.5, 0.6) is 17.2 Å². The molecular formula is C29H28N2O8S. The van der Waals surface area contributed by atoms with Crippen molar-refractivity contribution in [2.75, 3.05) is 32.8 Å². The Hall–Kier alpha value is -4.64. The molecule has 208 valence electrons. The van der Waals surface area contributed by atoms with E-state index in [0.717, 1.165) is 16.2 Å². The van der Waals surface area contributed by atoms with Crippen molar-refractivity contribution >= 4 is 39.9 Å². The number of nitrogens with zero attached hydrogens (tertiary/aromatic N) is 2. The molecule has 1 aromatic heterocycles. The summed E-state index contributed by atoms with van der Waals surface area (Å²) in [6.07, 6.45) is 1.43. The number of esters is 1. The van der Waals surface area contributed by atoms with Gasteiger partial charge in [-0.2, -0.15) is 0 Å². The van der Waals surface area contributed by atoms with Gasteiger partial charge < -0.3 is 24.1 Å². The lowest BCUT2D eigenvalue weighted by Crippen LogP contribution is -2.29. The summed E-state index contributed by atoms with van der Waals surface area (Å²) in [5.74, 6) is -1.53. The first-order valence-electron chi connectivity index (χ1n) is 12.1. The maximum absolute atomic E-state index is 13.6. The molecule has 2 heterocycles. The number of hydrogen-bond acceptors (Lipinski definition) is 10. The van der Waals surface area contributed by atoms with Crippen LogP contribution in [-0.2, 0) is 14.3 Å². The van der Waals surface area contributed by atoms with E-state index in [0.29, 0.717) is 39.6 Å². The number of carbonyl (C=O) groups is 3. The second-order valence-electron chi connectivity index (χ2n) is 8.76. The number of ether oxygens (including phenoxy) is 4. The molecule has 0 saturated carbocycles. The van der Waals surface area contributed by atoms with Gasteiger partial charge in [0.1, 0.15) is 40.5 Å². The number of Topliss-reactive ketones (excluding diaryl/α,β-unsaturated/α-hetero) is 1. The minimum absolute atomic E-state index is 0.00174. The second-order valence-corrected chi connectivity index (χ2v) is 9.73. The van der Waals surface area contributed by atoms with Gasteiger partial charge in [0.25, 0.3) is 5.78 Å². The van der Waals surface area contributed by atoms with E-state index in [1.54, 1.807) is 50.2 Å². The van der Waals surface area contributed by atoms with Crippen molar-refractivity contribution in [2.24, 2.45) is 0 Å². The zero-order valence-corrected chi connectivity index (χ0v) is 23.5. The Morgan fingerprint density at radius 3 is 2.38 bits per heavy atom. The summed E-state index contributed by atoms with van der Waals surface area (Å²) in [5.41, 5.74) is 1.48. The van der Waals surface area contributed by atoms with Crippen molar-refractivity contribution in [3.05, 3.63) is 81.9 Å². The van der Waals surface area contributed by atoms with Crippen molar-refractivity contribution in [2.45, 2.75) is 19.9 Å². The van der Waals surface area contributed by atoms with Crippen LogP contribution in [0.1, 0.15) is 38.1 Å². The third kappa shape index (κ3) is 5.03. The maximum Gasteiger partial charge on any atom is 0.350 e. The summed E-state index contributed by atoms with van der Waals surface area (Å²) in [7, 11) is 4.45. The lowest BCUT2D eigenvalue weighted by Gasteiger charge is -2.25. The highest BCUT2D eigenvalue weighted by atomic mass is 32.1. The summed E-state index contributed by atoms with van der Waals surface area (Å²) in [5, 5.41) is 11.6. The first-order chi connectivity index (χ1) is 19.2. The number of amides is 1. The van der Waals surface area contributed by atoms with Crippen LogP contribution in [-0.4, -0.2) is 55.7 Å². The number of carbonyl (C=O) groups excluding carboxylic acids is 3. The summed E-state index contributed by atoms with van der Waals surface area (Å²) in [6, 6.07) is 8.73. The third-order valence-electron chi connectivity index (χ3n) is 6.37. The van der Waals surface area contributed by atoms with Gasteiger partial charge in [0.15, 0.2) is 5.13 Å². The summed E-state index contributed by atoms with van der Waals surface area (Å²) >= 11 is 0.901. The van der Waals surface area contributed by atoms with Crippen LogP contribution in [0.15, 0.2) is 54.6 Å². The number of aliphatic hydroxyl groups excluding tert-OH is 1. The largest absolute Gasteiger partial charge is 0.507 e. The Labute approximate surface area is 235 Å². The van der Waals surface area contributed by atoms with Gasteiger partial charge in [-0.05, 0) is 55.8 Å². The van der Waals surface area contributed by atoms with Crippen LogP contribution in [0.25, 0.3) is 5.76 Å². The zero-order valence-electron chi connectivity index (χ0n) is 22.6. The molecule has 0 bridgehead atoms. The fourth-order valence-electron chi connectivity index (χ4n) is 4.43. The Morgan fingerprint density at radius 2 is 1.75 bits per heavy atom. The molecule has 0 unspecified atom stereocenters. The molecular weight excluding hydrogens is 536 g/mol. The van der Waals surface area contributed by atoms with E-state index >= 15 is 0 Å². The molecule has 1 atom stereocenters. The summed E-state index contributed by atoms with van der Waals surface area (Å²) in [6.45, 7) is 6.89. The van der Waals surface area contributed by atoms with E-state index in [4.69, 9.17) is 18.9 Å². The van der Waals surface area contributed by atoms with Crippen LogP contribution < -0.4 is 19.1 Å². The molecule has 0 radical (unpaired) electrons. The third-order valence-corrected chi connectivity index (χ3v) is 7.51. The van der Waals surface area contributed by atoms with E-state index in [-0.39, 0.29) is 27.9 Å². The highest BCUT2D eigenvalue weighted by Gasteiger charge is 2.49. The van der Waals surface area contributed by atoms with Crippen LogP contribution in [0.3, 0.4) is 0 Å². The number of ketones is 1. The standard InChI is InChI=1S/C29H28N2O8S/c1-7-12-39-28(35)26-16(3)30-29(40-26)31-23(20-14-18(37-5)9-11-21(20)38-6)22(25(33)27(31)34)24(32)19-10-8-17(36-4)13-15(19)2/h7-11,13-14,23,32H,1,12H2,2-6H3/t23-/m1/s1. The number of anilines is 1. The van der Waals surface area contributed by atoms with E-state index in [1.807, 2.05) is 0 Å². The molecule has 4 rings (SSSR count). The number of aromatic nitrogens is 1. The van der Waals surface area contributed by atoms with E-state index in [1.165, 1.54) is 27.4 Å². The fraction of sp³-hybridized carbons (Fsp3) is 0.241. The van der Waals surface area contributed by atoms with Gasteiger partial charge in [-0.25, -0.2) is 9.78 Å². The normalized spacial score (nSPS) is 16.1. The number of hydrogen-bond donors (Lipinski definition) is 1. The minimum atomic E-state index is -1.16. The topological polar surface area (TPSA) is 124 Å². The smallest absolute Gasteiger partial charge is 0.350 e. The van der Waals surface area contributed by atoms with Crippen molar-refractivity contribution in [3.63, 3.8) is 0 Å². The number of rotatable bonds is 9. The second kappa shape index (κ2) is 11.6. The van der Waals surface area contributed by atoms with E-state index in [9.17, 15) is 19.5 Å². The Bertz CT molecular complexity index is 1540. The summed E-state index contributed by atoms with van der Waals surface area (Å²) in [4.78, 5) is 45.6. The molecule has 11 heteroatoms. The predicted octanol–water partition coefficient (Wildman–Crippen LogP) is 4.75. The van der Waals surface area contributed by atoms with Gasteiger partial charge in [0.2, 0.25) is 0 Å². The molecule has 1 saturated heterocycles. The Kier molecular flexibility index (Phi) is 8.24. The average Bonchev–Trinajstić information content (AvgIpc) is 3.46. The number of aliphatic hydroxyl groups is 1. The van der Waals surface area contributed by atoms with E-state index in [2.05, 4.69) is 11.6 Å². The van der Waals surface area contributed by atoms with Gasteiger partial charge in [-0.15, -0.1) is 0 Å². The van der Waals surface area contributed by atoms with Gasteiger partial charge in [-0.1, -0.05) is 24.0 Å². The quantitative estimate of drug-likeness (QED) is 0.129. The summed E-state index contributed by atoms with van der Waals surface area (Å²) < 4.78 is 21.4. The number of thiazole rings is 1. The molecule has 1 amide bonds. The molecule has 40 heavy (non-hydrogen) atoms. The number of methoxy groups -OCH3 is 3. The zero-order chi connectivity index (χ0) is 29.1. The molecule has 3 aromatic rings. The molecule has 2 aromatic carbocycles. The van der Waals surface area contributed by atoms with Crippen molar-refractivity contribution in [1.82, 2.24) is 4.98 Å². The Balaban J connectivity index is 1.98. The fourth-order valence-corrected chi connectivity index (χ4v) is 5.41. The van der Waals surface area contributed by atoms with Gasteiger partial charge in [0.05, 0.1) is 32.6 Å². The average molecular weight is 565 g/mol. The molecule has 1 aliphatic rings. The van der Waals surface area contributed by atoms with Gasteiger partial charge >= 0.3 is 11.9 Å². The molecule has 1 fully saturated rings. The first-order valence-corrected chi connectivity index (χ1v) is 12.9. The van der Waals surface area contributed by atoms with Gasteiger partial charge in [-0.3, -0.25) is 14.5 Å². The highest BCUT2D eigenvalue weighted by molar-refractivity contribution is 7.17. The molecule has 1 N–H and O–H groups in total. The lowest BCUT2D eigenvalue weighted by molar-refractivity contribution is -0.132. The van der Waals surface area contributed by atoms with Crippen LogP contribution >= 0.6 is 11.3 Å². The van der Waals surface area contributed by atoms with Crippen molar-refractivity contribution in [1.29, 1.82) is 0 Å².